The smallest absolute Gasteiger partial charge is 0.115 e. The Morgan fingerprint density at radius 3 is 2.69 bits per heavy atom. The van der Waals surface area contributed by atoms with Gasteiger partial charge in [-0.3, -0.25) is 0 Å². The Labute approximate surface area is 77.0 Å². The first kappa shape index (κ1) is 8.53. The number of benzene rings is 1. The zero-order valence-electron chi connectivity index (χ0n) is 7.33. The van der Waals surface area contributed by atoms with E-state index in [1.165, 1.54) is 0 Å². The molecular formula is C10H13NO2. The fraction of sp³-hybridized carbons (Fsp3) is 0.400. The molecule has 1 fully saturated rings. The van der Waals surface area contributed by atoms with Crippen molar-refractivity contribution < 1.29 is 10.2 Å². The first-order valence-corrected chi connectivity index (χ1v) is 4.39. The predicted molar refractivity (Wildman–Crippen MR) is 49.6 cm³/mol. The standard InChI is InChI=1S/C10H13NO2/c12-9-3-1-2-8(4-9)5-10(13)6-11-7-10/h1-4,11-13H,5-7H2. The van der Waals surface area contributed by atoms with Gasteiger partial charge in [0.1, 0.15) is 5.75 Å². The second-order valence-corrected chi connectivity index (χ2v) is 3.67. The van der Waals surface area contributed by atoms with E-state index in [1.807, 2.05) is 6.07 Å². The summed E-state index contributed by atoms with van der Waals surface area (Å²) in [6, 6.07) is 7.03. The zero-order valence-corrected chi connectivity index (χ0v) is 7.33. The fourth-order valence-corrected chi connectivity index (χ4v) is 1.58. The molecule has 0 bridgehead atoms. The Balaban J connectivity index is 2.09. The lowest BCUT2D eigenvalue weighted by Crippen LogP contribution is -2.60. The van der Waals surface area contributed by atoms with Crippen LogP contribution in [0.2, 0.25) is 0 Å². The van der Waals surface area contributed by atoms with Gasteiger partial charge in [-0.15, -0.1) is 0 Å². The molecule has 0 amide bonds. The maximum atomic E-state index is 9.81. The molecule has 3 nitrogen and oxygen atoms in total. The summed E-state index contributed by atoms with van der Waals surface area (Å²) in [5.41, 5.74) is 0.373. The van der Waals surface area contributed by atoms with E-state index in [0.29, 0.717) is 19.5 Å². The van der Waals surface area contributed by atoms with Crippen molar-refractivity contribution in [3.63, 3.8) is 0 Å². The Bertz CT molecular complexity index is 308. The van der Waals surface area contributed by atoms with E-state index >= 15 is 0 Å². The molecule has 0 radical (unpaired) electrons. The van der Waals surface area contributed by atoms with Crippen LogP contribution in [0.25, 0.3) is 0 Å². The summed E-state index contributed by atoms with van der Waals surface area (Å²) in [6.07, 6.45) is 0.606. The molecule has 0 atom stereocenters. The van der Waals surface area contributed by atoms with Gasteiger partial charge >= 0.3 is 0 Å². The average molecular weight is 179 g/mol. The molecule has 13 heavy (non-hydrogen) atoms. The van der Waals surface area contributed by atoms with Crippen molar-refractivity contribution in [2.75, 3.05) is 13.1 Å². The molecule has 70 valence electrons. The third-order valence-electron chi connectivity index (χ3n) is 2.35. The third-order valence-corrected chi connectivity index (χ3v) is 2.35. The molecule has 3 heteroatoms. The van der Waals surface area contributed by atoms with Gasteiger partial charge in [-0.1, -0.05) is 12.1 Å². The second kappa shape index (κ2) is 3.01. The monoisotopic (exact) mass is 179 g/mol. The van der Waals surface area contributed by atoms with E-state index in [2.05, 4.69) is 5.32 Å². The second-order valence-electron chi connectivity index (χ2n) is 3.67. The SMILES string of the molecule is Oc1cccc(CC2(O)CNC2)c1. The van der Waals surface area contributed by atoms with Crippen molar-refractivity contribution in [1.82, 2.24) is 5.32 Å². The fourth-order valence-electron chi connectivity index (χ4n) is 1.58. The van der Waals surface area contributed by atoms with Crippen LogP contribution in [0.15, 0.2) is 24.3 Å². The predicted octanol–water partition coefficient (Wildman–Crippen LogP) is 0.269. The summed E-state index contributed by atoms with van der Waals surface area (Å²) in [5, 5.41) is 22.0. The number of hydrogen-bond donors (Lipinski definition) is 3. The van der Waals surface area contributed by atoms with Gasteiger partial charge in [0.05, 0.1) is 5.60 Å². The lowest BCUT2D eigenvalue weighted by molar-refractivity contribution is -0.00903. The molecule has 1 aromatic rings. The first-order valence-electron chi connectivity index (χ1n) is 4.39. The van der Waals surface area contributed by atoms with Crippen molar-refractivity contribution in [2.24, 2.45) is 0 Å². The van der Waals surface area contributed by atoms with Gasteiger partial charge in [0.2, 0.25) is 0 Å². The number of aliphatic hydroxyl groups is 1. The maximum Gasteiger partial charge on any atom is 0.115 e. The molecule has 0 spiro atoms. The largest absolute Gasteiger partial charge is 0.508 e. The van der Waals surface area contributed by atoms with Crippen LogP contribution < -0.4 is 5.32 Å². The van der Waals surface area contributed by atoms with E-state index in [9.17, 15) is 10.2 Å². The number of nitrogens with one attached hydrogen (secondary N) is 1. The van der Waals surface area contributed by atoms with Crippen LogP contribution >= 0.6 is 0 Å². The van der Waals surface area contributed by atoms with Gasteiger partial charge in [-0.25, -0.2) is 0 Å². The molecule has 1 heterocycles. The lowest BCUT2D eigenvalue weighted by atomic mass is 9.89. The van der Waals surface area contributed by atoms with Crippen molar-refractivity contribution in [1.29, 1.82) is 0 Å². The third kappa shape index (κ3) is 1.82. The van der Waals surface area contributed by atoms with Crippen LogP contribution in [-0.2, 0) is 6.42 Å². The van der Waals surface area contributed by atoms with Crippen molar-refractivity contribution in [2.45, 2.75) is 12.0 Å². The van der Waals surface area contributed by atoms with Crippen molar-refractivity contribution in [3.8, 4) is 5.75 Å². The molecule has 1 aliphatic heterocycles. The minimum atomic E-state index is -0.603. The number of rotatable bonds is 2. The van der Waals surface area contributed by atoms with E-state index in [-0.39, 0.29) is 5.75 Å². The van der Waals surface area contributed by atoms with Gasteiger partial charge in [0.15, 0.2) is 0 Å². The highest BCUT2D eigenvalue weighted by Gasteiger charge is 2.34. The van der Waals surface area contributed by atoms with Crippen molar-refractivity contribution in [3.05, 3.63) is 29.8 Å². The van der Waals surface area contributed by atoms with E-state index in [4.69, 9.17) is 0 Å². The minimum Gasteiger partial charge on any atom is -0.508 e. The molecule has 3 N–H and O–H groups in total. The topological polar surface area (TPSA) is 52.5 Å². The highest BCUT2D eigenvalue weighted by atomic mass is 16.3. The van der Waals surface area contributed by atoms with Crippen LogP contribution in [0.1, 0.15) is 5.56 Å². The highest BCUT2D eigenvalue weighted by Crippen LogP contribution is 2.20. The zero-order chi connectivity index (χ0) is 9.31. The van der Waals surface area contributed by atoms with Gasteiger partial charge in [-0.05, 0) is 17.7 Å². The van der Waals surface area contributed by atoms with Crippen LogP contribution in [0.3, 0.4) is 0 Å². The number of phenolic OH excluding ortho intramolecular Hbond substituents is 1. The van der Waals surface area contributed by atoms with Crippen LogP contribution in [-0.4, -0.2) is 28.9 Å². The van der Waals surface area contributed by atoms with Crippen LogP contribution in [0, 0.1) is 0 Å². The number of β-amino-alcohol motifs (C(OH)–C–C–N with tert-alkyl or cyclic N) is 1. The Morgan fingerprint density at radius 1 is 1.38 bits per heavy atom. The molecule has 1 aliphatic rings. The molecule has 1 saturated heterocycles. The first-order chi connectivity index (χ1) is 6.18. The average Bonchev–Trinajstić information content (AvgIpc) is 2.01. The Hall–Kier alpha value is -1.06. The summed E-state index contributed by atoms with van der Waals surface area (Å²) in [5.74, 6) is 0.258. The molecular weight excluding hydrogens is 166 g/mol. The van der Waals surface area contributed by atoms with E-state index in [1.54, 1.807) is 18.2 Å². The highest BCUT2D eigenvalue weighted by molar-refractivity contribution is 5.28. The van der Waals surface area contributed by atoms with E-state index in [0.717, 1.165) is 5.56 Å². The molecule has 0 aromatic heterocycles. The van der Waals surface area contributed by atoms with Gasteiger partial charge in [0.25, 0.3) is 0 Å². The van der Waals surface area contributed by atoms with Crippen molar-refractivity contribution >= 4 is 0 Å². The summed E-state index contributed by atoms with van der Waals surface area (Å²) in [7, 11) is 0. The molecule has 1 aromatic carbocycles. The van der Waals surface area contributed by atoms with Gasteiger partial charge in [0, 0.05) is 19.5 Å². The molecule has 0 saturated carbocycles. The van der Waals surface area contributed by atoms with Gasteiger partial charge < -0.3 is 15.5 Å². The molecule has 2 rings (SSSR count). The summed E-state index contributed by atoms with van der Waals surface area (Å²) >= 11 is 0. The maximum absolute atomic E-state index is 9.81. The Morgan fingerprint density at radius 2 is 2.15 bits per heavy atom. The summed E-state index contributed by atoms with van der Waals surface area (Å²) in [4.78, 5) is 0. The quantitative estimate of drug-likeness (QED) is 0.610. The lowest BCUT2D eigenvalue weighted by Gasteiger charge is -2.37. The van der Waals surface area contributed by atoms with E-state index < -0.39 is 5.60 Å². The Kier molecular flexibility index (Phi) is 1.98. The molecule has 0 unspecified atom stereocenters. The normalized spacial score (nSPS) is 19.5. The van der Waals surface area contributed by atoms with Crippen LogP contribution in [0.5, 0.6) is 5.75 Å². The van der Waals surface area contributed by atoms with Gasteiger partial charge in [-0.2, -0.15) is 0 Å². The number of phenols is 1. The summed E-state index contributed by atoms with van der Waals surface area (Å²) in [6.45, 7) is 1.28. The molecule has 0 aliphatic carbocycles. The number of hydrogen-bond acceptors (Lipinski definition) is 3. The minimum absolute atomic E-state index is 0.258. The number of aromatic hydroxyl groups is 1. The summed E-state index contributed by atoms with van der Waals surface area (Å²) < 4.78 is 0. The van der Waals surface area contributed by atoms with Crippen LogP contribution in [0.4, 0.5) is 0 Å².